The van der Waals surface area contributed by atoms with Gasteiger partial charge in [0.1, 0.15) is 0 Å². The summed E-state index contributed by atoms with van der Waals surface area (Å²) in [4.78, 5) is 28.1. The van der Waals surface area contributed by atoms with E-state index >= 15 is 0 Å². The molecule has 0 aliphatic rings. The molecule has 1 N–H and O–H groups in total. The lowest BCUT2D eigenvalue weighted by Crippen LogP contribution is -2.17. The predicted octanol–water partition coefficient (Wildman–Crippen LogP) is 3.84. The molecule has 3 rings (SSSR count). The van der Waals surface area contributed by atoms with Gasteiger partial charge in [-0.1, -0.05) is 22.0 Å². The summed E-state index contributed by atoms with van der Waals surface area (Å²) in [6.45, 7) is 0. The topological polar surface area (TPSA) is 89.9 Å². The van der Waals surface area contributed by atoms with Gasteiger partial charge in [0.2, 0.25) is 0 Å². The highest BCUT2D eigenvalue weighted by molar-refractivity contribution is 9.10. The van der Waals surface area contributed by atoms with Crippen molar-refractivity contribution in [1.82, 2.24) is 10.4 Å². The van der Waals surface area contributed by atoms with E-state index in [0.717, 1.165) is 4.47 Å². The summed E-state index contributed by atoms with van der Waals surface area (Å²) in [7, 11) is 1.47. The Kier molecular flexibility index (Phi) is 6.70. The van der Waals surface area contributed by atoms with Gasteiger partial charge in [-0.15, -0.1) is 0 Å². The zero-order valence-electron chi connectivity index (χ0n) is 15.3. The Morgan fingerprint density at radius 2 is 1.83 bits per heavy atom. The average Bonchev–Trinajstić information content (AvgIpc) is 2.75. The molecular weight excluding hydrogens is 438 g/mol. The minimum Gasteiger partial charge on any atom is -0.493 e. The number of pyridine rings is 1. The third kappa shape index (κ3) is 5.49. The van der Waals surface area contributed by atoms with Gasteiger partial charge in [-0.3, -0.25) is 9.78 Å². The number of halogens is 1. The number of methoxy groups -OCH3 is 1. The summed E-state index contributed by atoms with van der Waals surface area (Å²) in [5, 5.41) is 3.93. The van der Waals surface area contributed by atoms with Crippen molar-refractivity contribution >= 4 is 34.0 Å². The Labute approximate surface area is 175 Å². The van der Waals surface area contributed by atoms with Gasteiger partial charge in [-0.2, -0.15) is 5.10 Å². The fourth-order valence-electron chi connectivity index (χ4n) is 2.36. The number of amides is 1. The van der Waals surface area contributed by atoms with Gasteiger partial charge in [-0.25, -0.2) is 10.2 Å². The van der Waals surface area contributed by atoms with E-state index in [0.29, 0.717) is 22.4 Å². The van der Waals surface area contributed by atoms with Crippen LogP contribution in [0.2, 0.25) is 0 Å². The molecule has 7 nitrogen and oxygen atoms in total. The van der Waals surface area contributed by atoms with Gasteiger partial charge < -0.3 is 9.47 Å². The van der Waals surface area contributed by atoms with Gasteiger partial charge in [0, 0.05) is 22.4 Å². The highest BCUT2D eigenvalue weighted by atomic mass is 79.9. The quantitative estimate of drug-likeness (QED) is 0.265. The Balaban J connectivity index is 1.68. The van der Waals surface area contributed by atoms with Crippen LogP contribution in [0.5, 0.6) is 11.5 Å². The molecule has 0 fully saturated rings. The summed E-state index contributed by atoms with van der Waals surface area (Å²) < 4.78 is 11.5. The highest BCUT2D eigenvalue weighted by Gasteiger charge is 2.13. The van der Waals surface area contributed by atoms with Crippen LogP contribution in [-0.2, 0) is 0 Å². The highest BCUT2D eigenvalue weighted by Crippen LogP contribution is 2.28. The number of aromatic nitrogens is 1. The molecule has 0 aliphatic heterocycles. The number of hydrazone groups is 1. The van der Waals surface area contributed by atoms with Gasteiger partial charge in [0.15, 0.2) is 11.5 Å². The number of benzene rings is 2. The first-order valence-electron chi connectivity index (χ1n) is 8.46. The van der Waals surface area contributed by atoms with Gasteiger partial charge in [-0.05, 0) is 54.1 Å². The first kappa shape index (κ1) is 20.2. The summed E-state index contributed by atoms with van der Waals surface area (Å²) in [5.74, 6) is -0.223. The summed E-state index contributed by atoms with van der Waals surface area (Å²) in [5.41, 5.74) is 3.94. The van der Waals surface area contributed by atoms with Crippen molar-refractivity contribution in [3.8, 4) is 11.5 Å². The summed E-state index contributed by atoms with van der Waals surface area (Å²) in [6, 6.07) is 15.0. The van der Waals surface area contributed by atoms with Crippen molar-refractivity contribution in [2.75, 3.05) is 7.11 Å². The molecule has 0 unspecified atom stereocenters. The number of nitrogens with one attached hydrogen (secondary N) is 1. The number of hydrogen-bond acceptors (Lipinski definition) is 6. The van der Waals surface area contributed by atoms with Crippen LogP contribution in [0.3, 0.4) is 0 Å². The Morgan fingerprint density at radius 1 is 1.03 bits per heavy atom. The molecule has 2 aromatic carbocycles. The number of esters is 1. The third-order valence-corrected chi connectivity index (χ3v) is 4.27. The number of carbonyl (C=O) groups is 2. The van der Waals surface area contributed by atoms with Gasteiger partial charge in [0.05, 0.1) is 18.9 Å². The van der Waals surface area contributed by atoms with Crippen LogP contribution >= 0.6 is 15.9 Å². The van der Waals surface area contributed by atoms with Crippen LogP contribution in [0, 0.1) is 0 Å². The second-order valence-corrected chi connectivity index (χ2v) is 6.66. The molecule has 0 spiro atoms. The van der Waals surface area contributed by atoms with Crippen molar-refractivity contribution in [3.05, 3.63) is 88.2 Å². The Bertz CT molecular complexity index is 1050. The standard InChI is InChI=1S/C21H16BrN3O4/c1-28-19-11-14(13-24-25-20(26)15-7-9-23-10-8-15)5-6-18(19)29-21(27)16-3-2-4-17(22)12-16/h2-13H,1H3,(H,25,26)/b24-13-. The molecule has 29 heavy (non-hydrogen) atoms. The molecular formula is C21H16BrN3O4. The first-order valence-corrected chi connectivity index (χ1v) is 9.25. The third-order valence-electron chi connectivity index (χ3n) is 3.77. The second-order valence-electron chi connectivity index (χ2n) is 5.75. The first-order chi connectivity index (χ1) is 14.1. The number of carbonyl (C=O) groups excluding carboxylic acids is 2. The Morgan fingerprint density at radius 3 is 2.55 bits per heavy atom. The molecule has 0 saturated carbocycles. The second kappa shape index (κ2) is 9.61. The number of rotatable bonds is 6. The molecule has 1 heterocycles. The number of ether oxygens (including phenoxy) is 2. The lowest BCUT2D eigenvalue weighted by molar-refractivity contribution is 0.0729. The van der Waals surface area contributed by atoms with Crippen LogP contribution in [0.4, 0.5) is 0 Å². The van der Waals surface area contributed by atoms with Gasteiger partial charge in [0.25, 0.3) is 5.91 Å². The van der Waals surface area contributed by atoms with E-state index in [9.17, 15) is 9.59 Å². The molecule has 146 valence electrons. The molecule has 0 radical (unpaired) electrons. The average molecular weight is 454 g/mol. The summed E-state index contributed by atoms with van der Waals surface area (Å²) >= 11 is 3.32. The van der Waals surface area contributed by atoms with Crippen molar-refractivity contribution in [3.63, 3.8) is 0 Å². The fraction of sp³-hybridized carbons (Fsp3) is 0.0476. The minimum atomic E-state index is -0.504. The van der Waals surface area contributed by atoms with E-state index < -0.39 is 5.97 Å². The minimum absolute atomic E-state index is 0.274. The van der Waals surface area contributed by atoms with Crippen molar-refractivity contribution < 1.29 is 19.1 Å². The van der Waals surface area contributed by atoms with E-state index in [-0.39, 0.29) is 11.7 Å². The normalized spacial score (nSPS) is 10.6. The van der Waals surface area contributed by atoms with Crippen LogP contribution in [-0.4, -0.2) is 30.2 Å². The van der Waals surface area contributed by atoms with Crippen LogP contribution in [0.15, 0.2) is 76.6 Å². The molecule has 8 heteroatoms. The maximum atomic E-state index is 12.3. The zero-order valence-corrected chi connectivity index (χ0v) is 16.9. The SMILES string of the molecule is COc1cc(/C=N\NC(=O)c2ccncc2)ccc1OC(=O)c1cccc(Br)c1. The maximum absolute atomic E-state index is 12.3. The lowest BCUT2D eigenvalue weighted by atomic mass is 10.2. The maximum Gasteiger partial charge on any atom is 0.343 e. The molecule has 0 bridgehead atoms. The van der Waals surface area contributed by atoms with E-state index in [1.807, 2.05) is 6.07 Å². The molecule has 0 saturated heterocycles. The molecule has 0 atom stereocenters. The smallest absolute Gasteiger partial charge is 0.343 e. The number of nitrogens with zero attached hydrogens (tertiary/aromatic N) is 2. The van der Waals surface area contributed by atoms with Crippen LogP contribution in [0.25, 0.3) is 0 Å². The fourth-order valence-corrected chi connectivity index (χ4v) is 2.76. The molecule has 1 aromatic heterocycles. The van der Waals surface area contributed by atoms with E-state index in [1.165, 1.54) is 25.7 Å². The van der Waals surface area contributed by atoms with Gasteiger partial charge >= 0.3 is 5.97 Å². The van der Waals surface area contributed by atoms with Crippen molar-refractivity contribution in [2.45, 2.75) is 0 Å². The molecule has 1 amide bonds. The number of hydrogen-bond donors (Lipinski definition) is 1. The van der Waals surface area contributed by atoms with Crippen LogP contribution in [0.1, 0.15) is 26.3 Å². The Hall–Kier alpha value is -3.52. The lowest BCUT2D eigenvalue weighted by Gasteiger charge is -2.10. The van der Waals surface area contributed by atoms with Crippen LogP contribution < -0.4 is 14.9 Å². The summed E-state index contributed by atoms with van der Waals surface area (Å²) in [6.07, 6.45) is 4.51. The van der Waals surface area contributed by atoms with Crippen molar-refractivity contribution in [2.24, 2.45) is 5.10 Å². The van der Waals surface area contributed by atoms with E-state index in [4.69, 9.17) is 9.47 Å². The van der Waals surface area contributed by atoms with Crippen molar-refractivity contribution in [1.29, 1.82) is 0 Å². The monoisotopic (exact) mass is 453 g/mol. The predicted molar refractivity (Wildman–Crippen MR) is 111 cm³/mol. The largest absolute Gasteiger partial charge is 0.493 e. The molecule has 3 aromatic rings. The van der Waals surface area contributed by atoms with E-state index in [2.05, 4.69) is 31.4 Å². The zero-order chi connectivity index (χ0) is 20.6. The molecule has 0 aliphatic carbocycles. The van der Waals surface area contributed by atoms with E-state index in [1.54, 1.807) is 48.5 Å².